The molecule has 1 fully saturated rings. The lowest BCUT2D eigenvalue weighted by Gasteiger charge is -2.37. The Morgan fingerprint density at radius 2 is 1.97 bits per heavy atom. The third-order valence-electron chi connectivity index (χ3n) is 7.87. The van der Waals surface area contributed by atoms with Gasteiger partial charge in [0.25, 0.3) is 0 Å². The van der Waals surface area contributed by atoms with Gasteiger partial charge in [-0.15, -0.1) is 5.10 Å². The standard InChI is InChI=1S/C28H37N9S/c1-17(2)25-26(22-15-37(30-6)28(29-5)19(4)18(22)3)31-23-8-9-24(32-27(23)25)36-12-10-21(11-13-36)35(7)14-20-16-38-34-33-20/h8-9,15-17,21,31H,6,10-14H2,1-5,7H3. The topological polar surface area (TPSA) is 90.6 Å². The summed E-state index contributed by atoms with van der Waals surface area (Å²) in [5.74, 6) is 1.34. The quantitative estimate of drug-likeness (QED) is 0.349. The van der Waals surface area contributed by atoms with E-state index < -0.39 is 0 Å². The highest BCUT2D eigenvalue weighted by atomic mass is 32.1. The van der Waals surface area contributed by atoms with Crippen LogP contribution in [0.2, 0.25) is 0 Å². The van der Waals surface area contributed by atoms with E-state index >= 15 is 0 Å². The minimum atomic E-state index is 0.293. The molecule has 4 aromatic rings. The maximum Gasteiger partial charge on any atom is 0.151 e. The second-order valence-electron chi connectivity index (χ2n) is 10.5. The average molecular weight is 532 g/mol. The van der Waals surface area contributed by atoms with Crippen molar-refractivity contribution in [1.29, 1.82) is 0 Å². The van der Waals surface area contributed by atoms with Crippen molar-refractivity contribution < 1.29 is 0 Å². The SMILES string of the molecule is C=Nn1cc(-c2[nH]c3ccc(N4CCC(N(C)Cc5csnn5)CC4)nc3c2C(C)C)c(C)c(C)c1=NC. The highest BCUT2D eigenvalue weighted by molar-refractivity contribution is 7.03. The molecule has 0 atom stereocenters. The van der Waals surface area contributed by atoms with Crippen LogP contribution in [0.5, 0.6) is 0 Å². The van der Waals surface area contributed by atoms with Gasteiger partial charge < -0.3 is 9.88 Å². The van der Waals surface area contributed by atoms with Crippen LogP contribution < -0.4 is 10.4 Å². The second kappa shape index (κ2) is 10.8. The number of nitrogens with zero attached hydrogens (tertiary/aromatic N) is 8. The van der Waals surface area contributed by atoms with E-state index in [4.69, 9.17) is 4.98 Å². The summed E-state index contributed by atoms with van der Waals surface area (Å²) in [6.45, 7) is 15.3. The Bertz CT molecular complexity index is 1510. The normalized spacial score (nSPS) is 15.4. The molecule has 1 N–H and O–H groups in total. The van der Waals surface area contributed by atoms with Gasteiger partial charge in [-0.2, -0.15) is 5.10 Å². The number of piperidine rings is 1. The van der Waals surface area contributed by atoms with Crippen molar-refractivity contribution in [2.24, 2.45) is 10.1 Å². The van der Waals surface area contributed by atoms with Crippen molar-refractivity contribution in [3.63, 3.8) is 0 Å². The number of nitrogens with one attached hydrogen (secondary N) is 1. The van der Waals surface area contributed by atoms with Gasteiger partial charge in [0.05, 0.1) is 22.4 Å². The van der Waals surface area contributed by atoms with Crippen LogP contribution in [-0.4, -0.2) is 69.1 Å². The van der Waals surface area contributed by atoms with E-state index in [9.17, 15) is 0 Å². The fourth-order valence-corrected chi connectivity index (χ4v) is 6.09. The summed E-state index contributed by atoms with van der Waals surface area (Å²) in [6, 6.07) is 4.87. The highest BCUT2D eigenvalue weighted by Gasteiger charge is 2.25. The Balaban J connectivity index is 1.45. The molecule has 0 aromatic carbocycles. The minimum absolute atomic E-state index is 0.293. The van der Waals surface area contributed by atoms with Gasteiger partial charge in [-0.3, -0.25) is 9.89 Å². The van der Waals surface area contributed by atoms with Crippen molar-refractivity contribution in [3.8, 4) is 11.3 Å². The maximum atomic E-state index is 5.23. The summed E-state index contributed by atoms with van der Waals surface area (Å²) < 4.78 is 5.76. The Morgan fingerprint density at radius 1 is 1.21 bits per heavy atom. The van der Waals surface area contributed by atoms with Gasteiger partial charge in [0.15, 0.2) is 5.49 Å². The number of fused-ring (bicyclic) bond motifs is 1. The molecule has 200 valence electrons. The van der Waals surface area contributed by atoms with Gasteiger partial charge >= 0.3 is 0 Å². The fraction of sp³-hybridized carbons (Fsp3) is 0.464. The molecule has 0 spiro atoms. The summed E-state index contributed by atoms with van der Waals surface area (Å²) in [7, 11) is 3.98. The molecular weight excluding hydrogens is 494 g/mol. The number of aromatic amines is 1. The van der Waals surface area contributed by atoms with Gasteiger partial charge in [-0.1, -0.05) is 18.3 Å². The number of hydrogen-bond donors (Lipinski definition) is 1. The van der Waals surface area contributed by atoms with E-state index in [-0.39, 0.29) is 0 Å². The van der Waals surface area contributed by atoms with Crippen molar-refractivity contribution in [2.75, 3.05) is 32.1 Å². The van der Waals surface area contributed by atoms with Crippen LogP contribution in [0.3, 0.4) is 0 Å². The van der Waals surface area contributed by atoms with Gasteiger partial charge in [0.2, 0.25) is 0 Å². The molecule has 1 aliphatic heterocycles. The molecule has 4 aromatic heterocycles. The Morgan fingerprint density at radius 3 is 2.61 bits per heavy atom. The Labute approximate surface area is 228 Å². The molecule has 9 nitrogen and oxygen atoms in total. The van der Waals surface area contributed by atoms with E-state index in [1.807, 2.05) is 11.6 Å². The van der Waals surface area contributed by atoms with E-state index in [2.05, 4.69) is 88.1 Å². The van der Waals surface area contributed by atoms with Crippen molar-refractivity contribution in [2.45, 2.75) is 59.0 Å². The Hall–Kier alpha value is -3.37. The van der Waals surface area contributed by atoms with Crippen LogP contribution >= 0.6 is 11.5 Å². The van der Waals surface area contributed by atoms with Crippen LogP contribution in [0, 0.1) is 13.8 Å². The molecule has 38 heavy (non-hydrogen) atoms. The van der Waals surface area contributed by atoms with Crippen LogP contribution in [-0.2, 0) is 6.54 Å². The number of aromatic nitrogens is 5. The Kier molecular flexibility index (Phi) is 7.45. The first kappa shape index (κ1) is 26.2. The predicted molar refractivity (Wildman–Crippen MR) is 156 cm³/mol. The molecule has 1 aliphatic rings. The zero-order valence-electron chi connectivity index (χ0n) is 23.2. The number of anilines is 1. The molecule has 0 unspecified atom stereocenters. The zero-order valence-corrected chi connectivity index (χ0v) is 24.0. The van der Waals surface area contributed by atoms with Gasteiger partial charge in [-0.05, 0) is 74.4 Å². The lowest BCUT2D eigenvalue weighted by Crippen LogP contribution is -2.43. The summed E-state index contributed by atoms with van der Waals surface area (Å²) in [6.07, 6.45) is 4.23. The second-order valence-corrected chi connectivity index (χ2v) is 11.1. The molecule has 1 saturated heterocycles. The lowest BCUT2D eigenvalue weighted by atomic mass is 9.95. The summed E-state index contributed by atoms with van der Waals surface area (Å²) >= 11 is 1.42. The molecule has 0 amide bonds. The number of H-pyrrole nitrogens is 1. The van der Waals surface area contributed by atoms with E-state index in [0.717, 1.165) is 77.3 Å². The molecule has 0 bridgehead atoms. The van der Waals surface area contributed by atoms with Crippen molar-refractivity contribution >= 4 is 35.1 Å². The molecule has 0 aliphatic carbocycles. The predicted octanol–water partition coefficient (Wildman–Crippen LogP) is 4.72. The summed E-state index contributed by atoms with van der Waals surface area (Å²) in [5.41, 5.74) is 9.67. The smallest absolute Gasteiger partial charge is 0.151 e. The monoisotopic (exact) mass is 531 g/mol. The third-order valence-corrected chi connectivity index (χ3v) is 8.43. The largest absolute Gasteiger partial charge is 0.356 e. The molecule has 5 heterocycles. The summed E-state index contributed by atoms with van der Waals surface area (Å²) in [4.78, 5) is 18.2. The van der Waals surface area contributed by atoms with E-state index in [1.165, 1.54) is 22.7 Å². The van der Waals surface area contributed by atoms with Crippen LogP contribution in [0.1, 0.15) is 55.0 Å². The van der Waals surface area contributed by atoms with Crippen LogP contribution in [0.15, 0.2) is 33.8 Å². The third kappa shape index (κ3) is 4.78. The number of rotatable bonds is 7. The minimum Gasteiger partial charge on any atom is -0.356 e. The molecule has 10 heteroatoms. The first-order chi connectivity index (χ1) is 18.3. The molecule has 5 rings (SSSR count). The van der Waals surface area contributed by atoms with E-state index in [0.29, 0.717) is 12.0 Å². The number of pyridine rings is 2. The summed E-state index contributed by atoms with van der Waals surface area (Å²) in [5, 5.41) is 10.4. The maximum absolute atomic E-state index is 5.23. The van der Waals surface area contributed by atoms with Gasteiger partial charge in [0.1, 0.15) is 5.82 Å². The molecule has 0 radical (unpaired) electrons. The number of hydrogen-bond acceptors (Lipinski definition) is 8. The van der Waals surface area contributed by atoms with E-state index in [1.54, 1.807) is 11.7 Å². The fourth-order valence-electron chi connectivity index (χ4n) is 5.65. The average Bonchev–Trinajstić information content (AvgIpc) is 3.57. The molecular formula is C28H37N9S. The van der Waals surface area contributed by atoms with Gasteiger partial charge in [-0.25, -0.2) is 9.66 Å². The van der Waals surface area contributed by atoms with Gasteiger partial charge in [0, 0.05) is 62.1 Å². The highest BCUT2D eigenvalue weighted by Crippen LogP contribution is 2.37. The van der Waals surface area contributed by atoms with Crippen LogP contribution in [0.25, 0.3) is 22.3 Å². The first-order valence-corrected chi connectivity index (χ1v) is 14.0. The lowest BCUT2D eigenvalue weighted by molar-refractivity contribution is 0.198. The first-order valence-electron chi connectivity index (χ1n) is 13.2. The van der Waals surface area contributed by atoms with Crippen molar-refractivity contribution in [1.82, 2.24) is 29.1 Å². The zero-order chi connectivity index (χ0) is 27.0. The van der Waals surface area contributed by atoms with Crippen LogP contribution in [0.4, 0.5) is 5.82 Å². The van der Waals surface area contributed by atoms with Crippen molar-refractivity contribution in [3.05, 3.63) is 51.6 Å². The molecule has 0 saturated carbocycles.